The Balaban J connectivity index is 1.39. The van der Waals surface area contributed by atoms with Gasteiger partial charge < -0.3 is 9.42 Å². The molecule has 5 heteroatoms. The lowest BCUT2D eigenvalue weighted by Gasteiger charge is -2.35. The molecule has 2 aromatic rings. The van der Waals surface area contributed by atoms with E-state index in [1.807, 2.05) is 11.0 Å². The summed E-state index contributed by atoms with van der Waals surface area (Å²) in [6, 6.07) is 10.5. The van der Waals surface area contributed by atoms with Crippen LogP contribution in [0.1, 0.15) is 54.6 Å². The average molecular weight is 382 g/mol. The zero-order valence-electron chi connectivity index (χ0n) is 17.3. The highest BCUT2D eigenvalue weighted by Crippen LogP contribution is 2.38. The van der Waals surface area contributed by atoms with Crippen LogP contribution in [0, 0.1) is 11.3 Å². The third-order valence-electron chi connectivity index (χ3n) is 6.38. The second-order valence-corrected chi connectivity index (χ2v) is 9.29. The summed E-state index contributed by atoms with van der Waals surface area (Å²) >= 11 is 0. The zero-order valence-corrected chi connectivity index (χ0v) is 17.3. The van der Waals surface area contributed by atoms with Gasteiger partial charge in [0.25, 0.3) is 5.91 Å². The van der Waals surface area contributed by atoms with Gasteiger partial charge in [0.05, 0.1) is 0 Å². The fourth-order valence-corrected chi connectivity index (χ4v) is 4.41. The Labute approximate surface area is 167 Å². The summed E-state index contributed by atoms with van der Waals surface area (Å²) in [6.07, 6.45) is 2.90. The molecular weight excluding hydrogens is 350 g/mol. The first kappa shape index (κ1) is 19.2. The molecule has 1 saturated heterocycles. The molecule has 5 nitrogen and oxygen atoms in total. The van der Waals surface area contributed by atoms with E-state index in [-0.39, 0.29) is 11.3 Å². The van der Waals surface area contributed by atoms with Crippen molar-refractivity contribution in [2.45, 2.75) is 46.6 Å². The SMILES string of the molecule is CC(C)(C)C1CCc2onc(C(=O)N3CCN(Cc4ccccc4)CC3)c2C1. The Morgan fingerprint density at radius 2 is 1.86 bits per heavy atom. The number of aromatic nitrogens is 1. The molecule has 2 heterocycles. The van der Waals surface area contributed by atoms with E-state index >= 15 is 0 Å². The second-order valence-electron chi connectivity index (χ2n) is 9.29. The van der Waals surface area contributed by atoms with Gasteiger partial charge in [-0.05, 0) is 29.7 Å². The van der Waals surface area contributed by atoms with Crippen molar-refractivity contribution in [3.8, 4) is 0 Å². The van der Waals surface area contributed by atoms with Gasteiger partial charge in [0, 0.05) is 44.7 Å². The van der Waals surface area contributed by atoms with E-state index in [1.165, 1.54) is 5.56 Å². The summed E-state index contributed by atoms with van der Waals surface area (Å²) in [5, 5.41) is 4.20. The van der Waals surface area contributed by atoms with Crippen molar-refractivity contribution in [3.05, 3.63) is 52.9 Å². The number of carbonyl (C=O) groups excluding carboxylic acids is 1. The van der Waals surface area contributed by atoms with Crippen LogP contribution in [0.15, 0.2) is 34.9 Å². The number of benzene rings is 1. The Bertz CT molecular complexity index is 814. The molecule has 4 rings (SSSR count). The number of piperazine rings is 1. The van der Waals surface area contributed by atoms with E-state index in [4.69, 9.17) is 4.52 Å². The number of amides is 1. The highest BCUT2D eigenvalue weighted by atomic mass is 16.5. The molecule has 2 aliphatic rings. The van der Waals surface area contributed by atoms with Gasteiger partial charge >= 0.3 is 0 Å². The van der Waals surface area contributed by atoms with Gasteiger partial charge in [-0.25, -0.2) is 0 Å². The van der Waals surface area contributed by atoms with Crippen LogP contribution in [0.25, 0.3) is 0 Å². The number of hydrogen-bond acceptors (Lipinski definition) is 4. The molecule has 0 radical (unpaired) electrons. The predicted octanol–water partition coefficient (Wildman–Crippen LogP) is 3.78. The van der Waals surface area contributed by atoms with Gasteiger partial charge in [-0.2, -0.15) is 0 Å². The second kappa shape index (κ2) is 7.70. The summed E-state index contributed by atoms with van der Waals surface area (Å²) in [6.45, 7) is 11.1. The Morgan fingerprint density at radius 1 is 1.14 bits per heavy atom. The fraction of sp³-hybridized carbons (Fsp3) is 0.565. The molecule has 1 fully saturated rings. The molecule has 0 spiro atoms. The summed E-state index contributed by atoms with van der Waals surface area (Å²) in [5.41, 5.74) is 3.17. The summed E-state index contributed by atoms with van der Waals surface area (Å²) in [5.74, 6) is 1.53. The Kier molecular flexibility index (Phi) is 5.28. The topological polar surface area (TPSA) is 49.6 Å². The first-order valence-electron chi connectivity index (χ1n) is 10.4. The first-order valence-corrected chi connectivity index (χ1v) is 10.4. The zero-order chi connectivity index (χ0) is 19.7. The predicted molar refractivity (Wildman–Crippen MR) is 109 cm³/mol. The molecule has 1 unspecified atom stereocenters. The van der Waals surface area contributed by atoms with Crippen LogP contribution in [0.3, 0.4) is 0 Å². The van der Waals surface area contributed by atoms with Gasteiger partial charge in [0.15, 0.2) is 5.69 Å². The van der Waals surface area contributed by atoms with Crippen molar-refractivity contribution in [2.75, 3.05) is 26.2 Å². The molecule has 1 amide bonds. The quantitative estimate of drug-likeness (QED) is 0.812. The van der Waals surface area contributed by atoms with Gasteiger partial charge in [-0.15, -0.1) is 0 Å². The molecule has 150 valence electrons. The molecule has 1 atom stereocenters. The molecule has 28 heavy (non-hydrogen) atoms. The van der Waals surface area contributed by atoms with E-state index in [9.17, 15) is 4.79 Å². The highest BCUT2D eigenvalue weighted by Gasteiger charge is 2.35. The van der Waals surface area contributed by atoms with Crippen LogP contribution in [0.4, 0.5) is 0 Å². The average Bonchev–Trinajstić information content (AvgIpc) is 3.11. The standard InChI is InChI=1S/C23H31N3O2/c1-23(2,3)18-9-10-20-19(15-18)21(24-28-20)22(27)26-13-11-25(12-14-26)16-17-7-5-4-6-8-17/h4-8,18H,9-16H2,1-3H3. The Morgan fingerprint density at radius 3 is 2.54 bits per heavy atom. The normalized spacial score (nSPS) is 20.8. The lowest BCUT2D eigenvalue weighted by atomic mass is 9.71. The minimum Gasteiger partial charge on any atom is -0.360 e. The van der Waals surface area contributed by atoms with Crippen LogP contribution in [-0.2, 0) is 19.4 Å². The van der Waals surface area contributed by atoms with Crippen molar-refractivity contribution in [2.24, 2.45) is 11.3 Å². The maximum Gasteiger partial charge on any atom is 0.276 e. The number of nitrogens with zero attached hydrogens (tertiary/aromatic N) is 3. The van der Waals surface area contributed by atoms with Crippen LogP contribution in [0.2, 0.25) is 0 Å². The summed E-state index contributed by atoms with van der Waals surface area (Å²) in [7, 11) is 0. The molecule has 1 aliphatic carbocycles. The highest BCUT2D eigenvalue weighted by molar-refractivity contribution is 5.94. The molecule has 1 aliphatic heterocycles. The summed E-state index contributed by atoms with van der Waals surface area (Å²) in [4.78, 5) is 17.5. The van der Waals surface area contributed by atoms with Crippen LogP contribution in [-0.4, -0.2) is 47.0 Å². The third-order valence-corrected chi connectivity index (χ3v) is 6.38. The van der Waals surface area contributed by atoms with E-state index in [1.54, 1.807) is 0 Å². The van der Waals surface area contributed by atoms with Crippen LogP contribution < -0.4 is 0 Å². The molecular formula is C23H31N3O2. The van der Waals surface area contributed by atoms with E-state index in [0.717, 1.165) is 63.3 Å². The smallest absolute Gasteiger partial charge is 0.276 e. The van der Waals surface area contributed by atoms with Gasteiger partial charge in [0.2, 0.25) is 0 Å². The maximum absolute atomic E-state index is 13.1. The number of aryl methyl sites for hydroxylation is 1. The van der Waals surface area contributed by atoms with Gasteiger partial charge in [-0.3, -0.25) is 9.69 Å². The first-order chi connectivity index (χ1) is 13.4. The van der Waals surface area contributed by atoms with Crippen LogP contribution in [0.5, 0.6) is 0 Å². The lowest BCUT2D eigenvalue weighted by Crippen LogP contribution is -2.48. The monoisotopic (exact) mass is 381 g/mol. The van der Waals surface area contributed by atoms with Gasteiger partial charge in [-0.1, -0.05) is 56.3 Å². The van der Waals surface area contributed by atoms with Gasteiger partial charge in [0.1, 0.15) is 5.76 Å². The fourth-order valence-electron chi connectivity index (χ4n) is 4.41. The molecule has 0 bridgehead atoms. The molecule has 0 N–H and O–H groups in total. The van der Waals surface area contributed by atoms with Crippen molar-refractivity contribution in [1.29, 1.82) is 0 Å². The van der Waals surface area contributed by atoms with Crippen LogP contribution >= 0.6 is 0 Å². The molecule has 1 aromatic carbocycles. The van der Waals surface area contributed by atoms with Crippen molar-refractivity contribution >= 4 is 5.91 Å². The molecule has 1 aromatic heterocycles. The third kappa shape index (κ3) is 4.00. The van der Waals surface area contributed by atoms with Crippen molar-refractivity contribution < 1.29 is 9.32 Å². The maximum atomic E-state index is 13.1. The largest absolute Gasteiger partial charge is 0.360 e. The van der Waals surface area contributed by atoms with E-state index in [2.05, 4.69) is 55.1 Å². The van der Waals surface area contributed by atoms with Crippen molar-refractivity contribution in [3.63, 3.8) is 0 Å². The minimum absolute atomic E-state index is 0.0407. The molecule has 0 saturated carbocycles. The lowest BCUT2D eigenvalue weighted by molar-refractivity contribution is 0.0617. The summed E-state index contributed by atoms with van der Waals surface area (Å²) < 4.78 is 5.55. The Hall–Kier alpha value is -2.14. The number of fused-ring (bicyclic) bond motifs is 1. The number of carbonyl (C=O) groups is 1. The number of hydrogen-bond donors (Lipinski definition) is 0. The van der Waals surface area contributed by atoms with Crippen molar-refractivity contribution in [1.82, 2.24) is 15.0 Å². The minimum atomic E-state index is 0.0407. The number of rotatable bonds is 3. The van der Waals surface area contributed by atoms with E-state index in [0.29, 0.717) is 11.6 Å². The van der Waals surface area contributed by atoms with E-state index < -0.39 is 0 Å².